The van der Waals surface area contributed by atoms with E-state index in [1.807, 2.05) is 0 Å². The number of nitrogens with two attached hydrogens (primary N) is 1. The van der Waals surface area contributed by atoms with Crippen LogP contribution in [0.2, 0.25) is 0 Å². The summed E-state index contributed by atoms with van der Waals surface area (Å²) >= 11 is 0. The molecule has 4 heteroatoms. The number of esters is 1. The highest BCUT2D eigenvalue weighted by Gasteiger charge is 2.03. The molecule has 10 heavy (non-hydrogen) atoms. The van der Waals surface area contributed by atoms with Gasteiger partial charge in [0.1, 0.15) is 5.70 Å². The zero-order valence-corrected chi connectivity index (χ0v) is 5.88. The molecule has 0 aliphatic carbocycles. The maximum atomic E-state index is 10.5. The van der Waals surface area contributed by atoms with Crippen LogP contribution in [0, 0.1) is 0 Å². The largest absolute Gasteiger partial charge is 0.464 e. The van der Waals surface area contributed by atoms with Gasteiger partial charge in [-0.1, -0.05) is 0 Å². The van der Waals surface area contributed by atoms with Crippen molar-refractivity contribution < 1.29 is 14.3 Å². The highest BCUT2D eigenvalue weighted by molar-refractivity contribution is 5.97. The molecule has 0 spiro atoms. The average Bonchev–Trinajstić information content (AvgIpc) is 1.85. The molecule has 0 aromatic heterocycles. The van der Waals surface area contributed by atoms with Gasteiger partial charge in [-0.3, -0.25) is 4.79 Å². The van der Waals surface area contributed by atoms with E-state index in [4.69, 9.17) is 5.73 Å². The minimum absolute atomic E-state index is 0.171. The van der Waals surface area contributed by atoms with Gasteiger partial charge >= 0.3 is 5.97 Å². The summed E-state index contributed by atoms with van der Waals surface area (Å²) < 4.78 is 4.23. The van der Waals surface area contributed by atoms with Crippen molar-refractivity contribution >= 4 is 11.8 Å². The molecule has 0 aliphatic rings. The third-order valence-electron chi connectivity index (χ3n) is 0.780. The predicted octanol–water partition coefficient (Wildman–Crippen LogP) is -0.409. The molecule has 0 aromatic carbocycles. The zero-order valence-electron chi connectivity index (χ0n) is 5.88. The Bertz CT molecular complexity index is 183. The van der Waals surface area contributed by atoms with Crippen molar-refractivity contribution in [1.29, 1.82) is 0 Å². The molecule has 0 aliphatic heterocycles. The summed E-state index contributed by atoms with van der Waals surface area (Å²) in [5, 5.41) is 0. The second kappa shape index (κ2) is 3.66. The molecular weight excluding hydrogens is 134 g/mol. The summed E-state index contributed by atoms with van der Waals surface area (Å²) in [7, 11) is 1.20. The Morgan fingerprint density at radius 2 is 2.00 bits per heavy atom. The van der Waals surface area contributed by atoms with E-state index in [9.17, 15) is 9.59 Å². The summed E-state index contributed by atoms with van der Waals surface area (Å²) in [5.74, 6) is -0.960. The van der Waals surface area contributed by atoms with Crippen LogP contribution in [0.1, 0.15) is 6.92 Å². The molecule has 4 nitrogen and oxygen atoms in total. The maximum absolute atomic E-state index is 10.5. The first-order valence-electron chi connectivity index (χ1n) is 2.64. The van der Waals surface area contributed by atoms with Gasteiger partial charge in [-0.25, -0.2) is 4.79 Å². The van der Waals surface area contributed by atoms with Crippen LogP contribution in [0.5, 0.6) is 0 Å². The van der Waals surface area contributed by atoms with E-state index >= 15 is 0 Å². The van der Waals surface area contributed by atoms with Crippen molar-refractivity contribution in [3.8, 4) is 0 Å². The van der Waals surface area contributed by atoms with Gasteiger partial charge in [0.05, 0.1) is 7.11 Å². The van der Waals surface area contributed by atoms with Crippen LogP contribution in [0.3, 0.4) is 0 Å². The highest BCUT2D eigenvalue weighted by atomic mass is 16.5. The topological polar surface area (TPSA) is 69.4 Å². The molecule has 0 atom stereocenters. The van der Waals surface area contributed by atoms with Crippen LogP contribution >= 0.6 is 0 Å². The number of hydrogen-bond acceptors (Lipinski definition) is 4. The fourth-order valence-corrected chi connectivity index (χ4v) is 0.396. The minimum Gasteiger partial charge on any atom is -0.464 e. The Kier molecular flexibility index (Phi) is 3.17. The van der Waals surface area contributed by atoms with Crippen LogP contribution in [0.25, 0.3) is 0 Å². The average molecular weight is 143 g/mol. The molecule has 0 saturated carbocycles. The van der Waals surface area contributed by atoms with E-state index in [0.717, 1.165) is 6.08 Å². The molecule has 56 valence electrons. The van der Waals surface area contributed by atoms with Gasteiger partial charge in [0, 0.05) is 6.08 Å². The molecule has 0 amide bonds. The SMILES string of the molecule is COC(=O)C(N)=CC(C)=O. The number of carbonyl (C=O) groups is 2. The molecule has 2 N–H and O–H groups in total. The van der Waals surface area contributed by atoms with E-state index in [1.165, 1.54) is 14.0 Å². The number of rotatable bonds is 2. The third-order valence-corrected chi connectivity index (χ3v) is 0.780. The first kappa shape index (κ1) is 8.68. The van der Waals surface area contributed by atoms with Crippen molar-refractivity contribution in [3.05, 3.63) is 11.8 Å². The third kappa shape index (κ3) is 2.86. The van der Waals surface area contributed by atoms with E-state index in [-0.39, 0.29) is 11.5 Å². The normalized spacial score (nSPS) is 10.8. The number of allylic oxidation sites excluding steroid dienone is 1. The van der Waals surface area contributed by atoms with Crippen LogP contribution < -0.4 is 5.73 Å². The Morgan fingerprint density at radius 3 is 2.30 bits per heavy atom. The Morgan fingerprint density at radius 1 is 1.50 bits per heavy atom. The molecule has 0 aromatic rings. The monoisotopic (exact) mass is 143 g/mol. The molecule has 0 bridgehead atoms. The molecule has 0 saturated heterocycles. The van der Waals surface area contributed by atoms with E-state index in [0.29, 0.717) is 0 Å². The van der Waals surface area contributed by atoms with Crippen LogP contribution in [0.15, 0.2) is 11.8 Å². The van der Waals surface area contributed by atoms with E-state index in [1.54, 1.807) is 0 Å². The van der Waals surface area contributed by atoms with Crippen molar-refractivity contribution in [1.82, 2.24) is 0 Å². The van der Waals surface area contributed by atoms with E-state index < -0.39 is 5.97 Å². The second-order valence-electron chi connectivity index (χ2n) is 1.70. The first-order chi connectivity index (χ1) is 4.57. The number of carbonyl (C=O) groups excluding carboxylic acids is 2. The zero-order chi connectivity index (χ0) is 8.15. The summed E-state index contributed by atoms with van der Waals surface area (Å²) in [5.41, 5.74) is 4.92. The van der Waals surface area contributed by atoms with Gasteiger partial charge in [0.15, 0.2) is 5.78 Å². The van der Waals surface area contributed by atoms with Crippen molar-refractivity contribution in [2.45, 2.75) is 6.92 Å². The van der Waals surface area contributed by atoms with Crippen LogP contribution in [-0.4, -0.2) is 18.9 Å². The van der Waals surface area contributed by atoms with Crippen molar-refractivity contribution in [2.24, 2.45) is 5.73 Å². The molecule has 0 radical (unpaired) electrons. The standard InChI is InChI=1S/C6H9NO3/c1-4(8)3-5(7)6(9)10-2/h3H,7H2,1-2H3. The summed E-state index contributed by atoms with van der Waals surface area (Å²) in [4.78, 5) is 20.8. The molecule has 0 unspecified atom stereocenters. The molecule has 0 rings (SSSR count). The van der Waals surface area contributed by atoms with E-state index in [2.05, 4.69) is 4.74 Å². The minimum atomic E-state index is -0.685. The van der Waals surface area contributed by atoms with Gasteiger partial charge < -0.3 is 10.5 Å². The number of methoxy groups -OCH3 is 1. The van der Waals surface area contributed by atoms with Crippen LogP contribution in [0.4, 0.5) is 0 Å². The fourth-order valence-electron chi connectivity index (χ4n) is 0.396. The van der Waals surface area contributed by atoms with Gasteiger partial charge in [-0.2, -0.15) is 0 Å². The number of ketones is 1. The van der Waals surface area contributed by atoms with Gasteiger partial charge in [-0.15, -0.1) is 0 Å². The van der Waals surface area contributed by atoms with Gasteiger partial charge in [0.25, 0.3) is 0 Å². The Labute approximate surface area is 58.7 Å². The number of hydrogen-bond donors (Lipinski definition) is 1. The lowest BCUT2D eigenvalue weighted by Crippen LogP contribution is -2.13. The maximum Gasteiger partial charge on any atom is 0.354 e. The van der Waals surface area contributed by atoms with Crippen molar-refractivity contribution in [2.75, 3.05) is 7.11 Å². The Hall–Kier alpha value is -1.32. The van der Waals surface area contributed by atoms with Crippen molar-refractivity contribution in [3.63, 3.8) is 0 Å². The number of ether oxygens (including phenoxy) is 1. The lowest BCUT2D eigenvalue weighted by Gasteiger charge is -1.95. The molecular formula is C6H9NO3. The molecule has 0 fully saturated rings. The summed E-state index contributed by atoms with van der Waals surface area (Å²) in [6, 6.07) is 0. The van der Waals surface area contributed by atoms with Gasteiger partial charge in [-0.05, 0) is 6.92 Å². The lowest BCUT2D eigenvalue weighted by atomic mass is 10.3. The van der Waals surface area contributed by atoms with Crippen LogP contribution in [-0.2, 0) is 14.3 Å². The fraction of sp³-hybridized carbons (Fsp3) is 0.333. The lowest BCUT2D eigenvalue weighted by molar-refractivity contribution is -0.136. The predicted molar refractivity (Wildman–Crippen MR) is 35.0 cm³/mol. The molecule has 0 heterocycles. The Balaban J connectivity index is 4.19. The summed E-state index contributed by atoms with van der Waals surface area (Å²) in [6.07, 6.45) is 1.02. The van der Waals surface area contributed by atoms with Gasteiger partial charge in [0.2, 0.25) is 0 Å². The highest BCUT2D eigenvalue weighted by Crippen LogP contribution is 1.87. The quantitative estimate of drug-likeness (QED) is 0.421. The smallest absolute Gasteiger partial charge is 0.354 e. The first-order valence-corrected chi connectivity index (χ1v) is 2.64. The summed E-state index contributed by atoms with van der Waals surface area (Å²) in [6.45, 7) is 1.30. The second-order valence-corrected chi connectivity index (χ2v) is 1.70.